The van der Waals surface area contributed by atoms with E-state index < -0.39 is 16.9 Å². The van der Waals surface area contributed by atoms with Crippen LogP contribution in [0, 0.1) is 0 Å². The Kier molecular flexibility index (Phi) is 5.68. The van der Waals surface area contributed by atoms with E-state index in [2.05, 4.69) is 10.1 Å². The largest absolute Gasteiger partial charge is 0.497 e. The molecule has 0 saturated carbocycles. The van der Waals surface area contributed by atoms with Crippen molar-refractivity contribution in [1.29, 1.82) is 0 Å². The van der Waals surface area contributed by atoms with Crippen LogP contribution in [0.15, 0.2) is 52.1 Å². The van der Waals surface area contributed by atoms with Crippen LogP contribution in [0.4, 0.5) is 0 Å². The number of nitrogens with zero attached hydrogens (tertiary/aromatic N) is 3. The Labute approximate surface area is 186 Å². The molecule has 2 heterocycles. The molecule has 0 saturated heterocycles. The number of carbonyl (C=O) groups is 1. The molecule has 1 amide bonds. The molecule has 0 unspecified atom stereocenters. The number of hydrogen-bond acceptors (Lipinski definition) is 6. The number of H-pyrrole nitrogens is 1. The van der Waals surface area contributed by atoms with Gasteiger partial charge in [-0.3, -0.25) is 23.9 Å². The molecule has 0 bridgehead atoms. The van der Waals surface area contributed by atoms with Crippen molar-refractivity contribution in [3.63, 3.8) is 0 Å². The number of aromatic amines is 1. The number of methoxy groups -OCH3 is 1. The maximum absolute atomic E-state index is 13.5. The number of halogens is 1. The highest BCUT2D eigenvalue weighted by Gasteiger charge is 2.25. The third kappa shape index (κ3) is 3.72. The van der Waals surface area contributed by atoms with E-state index in [1.54, 1.807) is 37.4 Å². The monoisotopic (exact) mass is 454 g/mol. The molecule has 0 spiro atoms. The van der Waals surface area contributed by atoms with Crippen molar-refractivity contribution < 1.29 is 14.4 Å². The first-order valence-corrected chi connectivity index (χ1v) is 9.93. The first-order valence-electron chi connectivity index (χ1n) is 9.55. The molecule has 0 aliphatic carbocycles. The lowest BCUT2D eigenvalue weighted by Gasteiger charge is -2.11. The van der Waals surface area contributed by atoms with Gasteiger partial charge in [-0.1, -0.05) is 23.7 Å². The minimum absolute atomic E-state index is 0.0222. The Morgan fingerprint density at radius 3 is 2.53 bits per heavy atom. The van der Waals surface area contributed by atoms with Gasteiger partial charge in [-0.05, 0) is 35.9 Å². The van der Waals surface area contributed by atoms with Gasteiger partial charge in [0, 0.05) is 17.5 Å². The standard InChI is InChI=1S/C22H19ClN4O5/c1-26(32-3)22(30)18-17-19(27(25-18)11-12-4-7-14(31-2)8-5-12)21(29)24-16-10-13(23)6-9-15(16)20(17)28/h4-10H,11H2,1-3H3,(H,24,29). The summed E-state index contributed by atoms with van der Waals surface area (Å²) < 4.78 is 6.51. The number of aromatic nitrogens is 3. The fourth-order valence-corrected chi connectivity index (χ4v) is 3.61. The SMILES string of the molecule is COc1ccc(Cn2nc(C(=O)N(C)OC)c3c(=O)c4ccc(Cl)cc4[nH]c(=O)c32)cc1. The molecule has 4 rings (SSSR count). The molecule has 32 heavy (non-hydrogen) atoms. The Hall–Kier alpha value is -3.69. The van der Waals surface area contributed by atoms with E-state index in [9.17, 15) is 14.4 Å². The van der Waals surface area contributed by atoms with E-state index >= 15 is 0 Å². The number of amides is 1. The first-order chi connectivity index (χ1) is 15.3. The summed E-state index contributed by atoms with van der Waals surface area (Å²) in [6.45, 7) is 0.147. The summed E-state index contributed by atoms with van der Waals surface area (Å²) in [6.07, 6.45) is 0. The molecular formula is C22H19ClN4O5. The van der Waals surface area contributed by atoms with Crippen molar-refractivity contribution in [2.45, 2.75) is 6.54 Å². The summed E-state index contributed by atoms with van der Waals surface area (Å²) in [5, 5.41) is 5.76. The number of hydroxylamine groups is 2. The van der Waals surface area contributed by atoms with Crippen LogP contribution < -0.4 is 15.7 Å². The normalized spacial score (nSPS) is 11.1. The van der Waals surface area contributed by atoms with Crippen molar-refractivity contribution in [3.8, 4) is 5.75 Å². The highest BCUT2D eigenvalue weighted by atomic mass is 35.5. The van der Waals surface area contributed by atoms with Crippen molar-refractivity contribution in [2.75, 3.05) is 21.3 Å². The topological polar surface area (TPSA) is 107 Å². The Balaban J connectivity index is 2.05. The summed E-state index contributed by atoms with van der Waals surface area (Å²) in [5.41, 5.74) is -0.237. The summed E-state index contributed by atoms with van der Waals surface area (Å²) >= 11 is 6.05. The molecule has 164 valence electrons. The van der Waals surface area contributed by atoms with Gasteiger partial charge in [0.15, 0.2) is 11.1 Å². The van der Waals surface area contributed by atoms with E-state index in [0.717, 1.165) is 10.6 Å². The van der Waals surface area contributed by atoms with Gasteiger partial charge < -0.3 is 9.72 Å². The summed E-state index contributed by atoms with van der Waals surface area (Å²) in [5.74, 6) is 0.0154. The average molecular weight is 455 g/mol. The molecule has 2 aromatic heterocycles. The van der Waals surface area contributed by atoms with Crippen LogP contribution in [-0.4, -0.2) is 47.0 Å². The van der Waals surface area contributed by atoms with Crippen molar-refractivity contribution in [3.05, 3.63) is 79.3 Å². The Bertz CT molecular complexity index is 1460. The van der Waals surface area contributed by atoms with Gasteiger partial charge in [-0.15, -0.1) is 0 Å². The molecule has 0 fully saturated rings. The quantitative estimate of drug-likeness (QED) is 0.464. The van der Waals surface area contributed by atoms with Gasteiger partial charge >= 0.3 is 0 Å². The van der Waals surface area contributed by atoms with Crippen LogP contribution in [0.25, 0.3) is 21.8 Å². The maximum atomic E-state index is 13.5. The lowest BCUT2D eigenvalue weighted by atomic mass is 10.1. The number of benzene rings is 2. The maximum Gasteiger partial charge on any atom is 0.298 e. The zero-order valence-corrected chi connectivity index (χ0v) is 18.3. The number of rotatable bonds is 5. The predicted molar refractivity (Wildman–Crippen MR) is 120 cm³/mol. The van der Waals surface area contributed by atoms with Crippen LogP contribution in [-0.2, 0) is 11.4 Å². The fourth-order valence-electron chi connectivity index (χ4n) is 3.44. The predicted octanol–water partition coefficient (Wildman–Crippen LogP) is 2.58. The summed E-state index contributed by atoms with van der Waals surface area (Å²) in [6, 6.07) is 11.7. The molecule has 9 nitrogen and oxygen atoms in total. The smallest absolute Gasteiger partial charge is 0.298 e. The van der Waals surface area contributed by atoms with E-state index in [1.807, 2.05) is 0 Å². The Morgan fingerprint density at radius 1 is 1.16 bits per heavy atom. The second-order valence-electron chi connectivity index (χ2n) is 7.04. The molecule has 1 N–H and O–H groups in total. The number of nitrogens with one attached hydrogen (secondary N) is 1. The second kappa shape index (κ2) is 8.45. The zero-order chi connectivity index (χ0) is 23.0. The van der Waals surface area contributed by atoms with Crippen molar-refractivity contribution >= 4 is 39.3 Å². The van der Waals surface area contributed by atoms with Crippen LogP contribution in [0.2, 0.25) is 5.02 Å². The minimum Gasteiger partial charge on any atom is -0.497 e. The van der Waals surface area contributed by atoms with E-state index in [4.69, 9.17) is 21.2 Å². The number of carbonyl (C=O) groups excluding carboxylic acids is 1. The van der Waals surface area contributed by atoms with Gasteiger partial charge in [0.05, 0.1) is 31.7 Å². The molecule has 10 heteroatoms. The van der Waals surface area contributed by atoms with E-state index in [-0.39, 0.29) is 34.0 Å². The van der Waals surface area contributed by atoms with Crippen LogP contribution in [0.1, 0.15) is 16.1 Å². The average Bonchev–Trinajstić information content (AvgIpc) is 3.12. The molecule has 0 atom stereocenters. The fraction of sp³-hybridized carbons (Fsp3) is 0.182. The molecule has 0 aliphatic heterocycles. The molecule has 0 aliphatic rings. The van der Waals surface area contributed by atoms with E-state index in [1.165, 1.54) is 31.0 Å². The second-order valence-corrected chi connectivity index (χ2v) is 7.47. The van der Waals surface area contributed by atoms with Gasteiger partial charge in [0.1, 0.15) is 11.3 Å². The van der Waals surface area contributed by atoms with Gasteiger partial charge in [0.2, 0.25) is 0 Å². The van der Waals surface area contributed by atoms with Crippen LogP contribution in [0.5, 0.6) is 5.75 Å². The molecule has 4 aromatic rings. The highest BCUT2D eigenvalue weighted by molar-refractivity contribution is 6.31. The lowest BCUT2D eigenvalue weighted by Crippen LogP contribution is -2.26. The highest BCUT2D eigenvalue weighted by Crippen LogP contribution is 2.20. The molecule has 0 radical (unpaired) electrons. The first kappa shape index (κ1) is 21.5. The summed E-state index contributed by atoms with van der Waals surface area (Å²) in [4.78, 5) is 47.2. The third-order valence-corrected chi connectivity index (χ3v) is 5.36. The van der Waals surface area contributed by atoms with Gasteiger partial charge in [-0.2, -0.15) is 5.10 Å². The number of ether oxygens (including phenoxy) is 1. The molecule has 2 aromatic carbocycles. The molecular weight excluding hydrogens is 436 g/mol. The summed E-state index contributed by atoms with van der Waals surface area (Å²) in [7, 11) is 4.27. The van der Waals surface area contributed by atoms with Crippen molar-refractivity contribution in [1.82, 2.24) is 19.8 Å². The van der Waals surface area contributed by atoms with Crippen molar-refractivity contribution in [2.24, 2.45) is 0 Å². The number of fused-ring (bicyclic) bond motifs is 2. The van der Waals surface area contributed by atoms with Crippen LogP contribution >= 0.6 is 11.6 Å². The van der Waals surface area contributed by atoms with Crippen LogP contribution in [0.3, 0.4) is 0 Å². The van der Waals surface area contributed by atoms with Gasteiger partial charge in [0.25, 0.3) is 11.5 Å². The third-order valence-electron chi connectivity index (χ3n) is 5.12. The minimum atomic E-state index is -0.657. The van der Waals surface area contributed by atoms with E-state index in [0.29, 0.717) is 10.8 Å². The zero-order valence-electron chi connectivity index (χ0n) is 17.5. The van der Waals surface area contributed by atoms with Gasteiger partial charge in [-0.25, -0.2) is 5.06 Å². The Morgan fingerprint density at radius 2 is 1.88 bits per heavy atom. The lowest BCUT2D eigenvalue weighted by molar-refractivity contribution is -0.0759. The number of hydrogen-bond donors (Lipinski definition) is 1.